The molecule has 0 aromatic heterocycles. The number of esters is 1. The Morgan fingerprint density at radius 3 is 2.35 bits per heavy atom. The second-order valence-electron chi connectivity index (χ2n) is 9.99. The van der Waals surface area contributed by atoms with Gasteiger partial charge in [-0.2, -0.15) is 0 Å². The van der Waals surface area contributed by atoms with Gasteiger partial charge < -0.3 is 9.16 Å². The summed E-state index contributed by atoms with van der Waals surface area (Å²) in [5, 5.41) is 0.221. The predicted octanol–water partition coefficient (Wildman–Crippen LogP) is 6.02. The first-order chi connectivity index (χ1) is 12.0. The van der Waals surface area contributed by atoms with Crippen molar-refractivity contribution >= 4 is 14.3 Å². The summed E-state index contributed by atoms with van der Waals surface area (Å²) >= 11 is 0. The van der Waals surface area contributed by atoms with Crippen molar-refractivity contribution in [3.63, 3.8) is 0 Å². The van der Waals surface area contributed by atoms with Crippen molar-refractivity contribution in [3.8, 4) is 0 Å². The maximum absolute atomic E-state index is 12.5. The summed E-state index contributed by atoms with van der Waals surface area (Å²) < 4.78 is 12.0. The molecule has 0 radical (unpaired) electrons. The van der Waals surface area contributed by atoms with Gasteiger partial charge in [0.2, 0.25) is 0 Å². The number of hydrogen-bond acceptors (Lipinski definition) is 3. The van der Waals surface area contributed by atoms with Crippen LogP contribution in [0.3, 0.4) is 0 Å². The lowest BCUT2D eigenvalue weighted by molar-refractivity contribution is -0.148. The largest absolute Gasteiger partial charge is 0.468 e. The zero-order valence-electron chi connectivity index (χ0n) is 17.9. The molecule has 1 saturated carbocycles. The highest BCUT2D eigenvalue weighted by molar-refractivity contribution is 6.74. The van der Waals surface area contributed by atoms with Gasteiger partial charge in [-0.15, -0.1) is 0 Å². The zero-order chi connectivity index (χ0) is 19.6. The fourth-order valence-electron chi connectivity index (χ4n) is 4.00. The average molecular weight is 379 g/mol. The SMILES string of the molecule is COC(=O)C1(CC[C@@]2(C)CCCC2O[Si](C)(C)C(C)(C)C)C=CCC=C1. The fourth-order valence-corrected chi connectivity index (χ4v) is 5.47. The van der Waals surface area contributed by atoms with Crippen molar-refractivity contribution in [2.24, 2.45) is 10.8 Å². The highest BCUT2D eigenvalue weighted by Gasteiger charge is 2.47. The second kappa shape index (κ2) is 7.63. The van der Waals surface area contributed by atoms with Gasteiger partial charge in [-0.3, -0.25) is 4.79 Å². The van der Waals surface area contributed by atoms with E-state index in [2.05, 4.69) is 52.9 Å². The summed E-state index contributed by atoms with van der Waals surface area (Å²) in [7, 11) is -0.307. The van der Waals surface area contributed by atoms with E-state index in [-0.39, 0.29) is 16.4 Å². The molecule has 0 aromatic carbocycles. The molecule has 2 rings (SSSR count). The normalized spacial score (nSPS) is 28.3. The van der Waals surface area contributed by atoms with Crippen LogP contribution in [-0.4, -0.2) is 27.5 Å². The molecule has 2 aliphatic carbocycles. The topological polar surface area (TPSA) is 35.5 Å². The first kappa shape index (κ1) is 21.4. The van der Waals surface area contributed by atoms with Gasteiger partial charge in [-0.05, 0) is 55.7 Å². The van der Waals surface area contributed by atoms with E-state index in [0.29, 0.717) is 6.10 Å². The average Bonchev–Trinajstić information content (AvgIpc) is 2.92. The van der Waals surface area contributed by atoms with Gasteiger partial charge in [-0.1, -0.05) is 58.4 Å². The van der Waals surface area contributed by atoms with Crippen molar-refractivity contribution in [1.82, 2.24) is 0 Å². The van der Waals surface area contributed by atoms with E-state index in [4.69, 9.17) is 9.16 Å². The summed E-state index contributed by atoms with van der Waals surface area (Å²) in [6, 6.07) is 0. The second-order valence-corrected chi connectivity index (χ2v) is 14.7. The van der Waals surface area contributed by atoms with Gasteiger partial charge in [0.25, 0.3) is 0 Å². The summed E-state index contributed by atoms with van der Waals surface area (Å²) in [5.41, 5.74) is -0.463. The number of carbonyl (C=O) groups excluding carboxylic acids is 1. The molecule has 0 saturated heterocycles. The van der Waals surface area contributed by atoms with Crippen LogP contribution in [0.1, 0.15) is 66.2 Å². The number of carbonyl (C=O) groups is 1. The minimum absolute atomic E-state index is 0.135. The molecule has 0 heterocycles. The highest BCUT2D eigenvalue weighted by atomic mass is 28.4. The lowest BCUT2D eigenvalue weighted by Gasteiger charge is -2.43. The Kier molecular flexibility index (Phi) is 6.29. The molecule has 148 valence electrons. The van der Waals surface area contributed by atoms with E-state index in [0.717, 1.165) is 25.7 Å². The molecule has 0 aromatic rings. The molecule has 1 fully saturated rings. The van der Waals surface area contributed by atoms with E-state index < -0.39 is 13.7 Å². The van der Waals surface area contributed by atoms with Crippen molar-refractivity contribution in [3.05, 3.63) is 24.3 Å². The molecule has 1 unspecified atom stereocenters. The number of allylic oxidation sites excluding steroid dienone is 2. The Morgan fingerprint density at radius 1 is 1.19 bits per heavy atom. The van der Waals surface area contributed by atoms with Gasteiger partial charge in [-0.25, -0.2) is 0 Å². The molecule has 3 nitrogen and oxygen atoms in total. The van der Waals surface area contributed by atoms with Crippen molar-refractivity contribution in [1.29, 1.82) is 0 Å². The molecule has 0 N–H and O–H groups in total. The first-order valence-electron chi connectivity index (χ1n) is 10.1. The molecular weight excluding hydrogens is 340 g/mol. The minimum atomic E-state index is -1.79. The summed E-state index contributed by atoms with van der Waals surface area (Å²) in [6.45, 7) is 13.9. The smallest absolute Gasteiger partial charge is 0.319 e. The monoisotopic (exact) mass is 378 g/mol. The highest BCUT2D eigenvalue weighted by Crippen LogP contribution is 2.49. The van der Waals surface area contributed by atoms with Crippen molar-refractivity contribution in [2.75, 3.05) is 7.11 Å². The Balaban J connectivity index is 2.13. The van der Waals surface area contributed by atoms with Crippen LogP contribution in [0, 0.1) is 10.8 Å². The molecule has 2 aliphatic rings. The Bertz CT molecular complexity index is 558. The first-order valence-corrected chi connectivity index (χ1v) is 13.0. The summed E-state index contributed by atoms with van der Waals surface area (Å²) in [6.07, 6.45) is 14.7. The van der Waals surface area contributed by atoms with Gasteiger partial charge >= 0.3 is 5.97 Å². The quantitative estimate of drug-likeness (QED) is 0.322. The van der Waals surface area contributed by atoms with Crippen LogP contribution < -0.4 is 0 Å². The number of rotatable bonds is 6. The van der Waals surface area contributed by atoms with Crippen LogP contribution in [0.5, 0.6) is 0 Å². The van der Waals surface area contributed by atoms with Crippen LogP contribution >= 0.6 is 0 Å². The maximum atomic E-state index is 12.5. The number of hydrogen-bond donors (Lipinski definition) is 0. The van der Waals surface area contributed by atoms with E-state index in [1.165, 1.54) is 20.0 Å². The van der Waals surface area contributed by atoms with Crippen LogP contribution in [0.15, 0.2) is 24.3 Å². The van der Waals surface area contributed by atoms with Crippen LogP contribution in [0.25, 0.3) is 0 Å². The molecule has 0 amide bonds. The maximum Gasteiger partial charge on any atom is 0.319 e. The molecule has 0 aliphatic heterocycles. The molecule has 2 atom stereocenters. The summed E-state index contributed by atoms with van der Waals surface area (Å²) in [4.78, 5) is 12.5. The Morgan fingerprint density at radius 2 is 1.81 bits per heavy atom. The number of methoxy groups -OCH3 is 1. The third-order valence-corrected chi connectivity index (χ3v) is 11.5. The summed E-state index contributed by atoms with van der Waals surface area (Å²) in [5.74, 6) is -0.145. The van der Waals surface area contributed by atoms with Gasteiger partial charge in [0, 0.05) is 0 Å². The van der Waals surface area contributed by atoms with E-state index >= 15 is 0 Å². The van der Waals surface area contributed by atoms with Gasteiger partial charge in [0.05, 0.1) is 13.2 Å². The lowest BCUT2D eigenvalue weighted by Crippen LogP contribution is -2.47. The van der Waals surface area contributed by atoms with Crippen LogP contribution in [0.4, 0.5) is 0 Å². The van der Waals surface area contributed by atoms with Gasteiger partial charge in [0.1, 0.15) is 5.41 Å². The van der Waals surface area contributed by atoms with Gasteiger partial charge in [0.15, 0.2) is 8.32 Å². The predicted molar refractivity (Wildman–Crippen MR) is 111 cm³/mol. The van der Waals surface area contributed by atoms with Crippen molar-refractivity contribution in [2.45, 2.75) is 90.5 Å². The van der Waals surface area contributed by atoms with Crippen molar-refractivity contribution < 1.29 is 14.0 Å². The molecule has 4 heteroatoms. The Labute approximate surface area is 161 Å². The van der Waals surface area contributed by atoms with E-state index in [9.17, 15) is 4.79 Å². The van der Waals surface area contributed by atoms with E-state index in [1.807, 2.05) is 12.2 Å². The van der Waals surface area contributed by atoms with Crippen LogP contribution in [-0.2, 0) is 14.0 Å². The molecular formula is C22H38O3Si. The van der Waals surface area contributed by atoms with Crippen LogP contribution in [0.2, 0.25) is 18.1 Å². The third-order valence-electron chi connectivity index (χ3n) is 7.01. The minimum Gasteiger partial charge on any atom is -0.468 e. The lowest BCUT2D eigenvalue weighted by atomic mass is 9.73. The zero-order valence-corrected chi connectivity index (χ0v) is 18.9. The number of ether oxygens (including phenoxy) is 1. The van der Waals surface area contributed by atoms with E-state index in [1.54, 1.807) is 0 Å². The fraction of sp³-hybridized carbons (Fsp3) is 0.773. The Hall–Kier alpha value is -0.873. The standard InChI is InChI=1S/C22H38O3Si/c1-20(2,3)26(6,7)25-18-12-11-13-21(18,4)16-17-22(19(23)24-5)14-9-8-10-15-22/h9-10,14-15,18H,8,11-13,16-17H2,1-7H3/t18?,21-/m1/s1. The molecule has 0 bridgehead atoms. The third kappa shape index (κ3) is 4.33. The molecule has 0 spiro atoms. The molecule has 26 heavy (non-hydrogen) atoms.